The molecule has 0 aliphatic carbocycles. The Morgan fingerprint density at radius 3 is 2.48 bits per heavy atom. The van der Waals surface area contributed by atoms with Crippen LogP contribution in [0.3, 0.4) is 0 Å². The number of fused-ring (bicyclic) bond motifs is 1. The Morgan fingerprint density at radius 1 is 0.952 bits per heavy atom. The van der Waals surface area contributed by atoms with Gasteiger partial charge in [-0.1, -0.05) is 63.9 Å². The summed E-state index contributed by atoms with van der Waals surface area (Å²) in [5, 5.41) is 6.62. The second-order valence-electron chi connectivity index (χ2n) is 4.99. The molecule has 106 valence electrons. The SMILES string of the molecule is CNC(c1ccc2ccccc2c1)c1cc(Cl)ccc1Br. The largest absolute Gasteiger partial charge is 0.309 e. The number of hydrogen-bond acceptors (Lipinski definition) is 1. The fourth-order valence-electron chi connectivity index (χ4n) is 2.62. The van der Waals surface area contributed by atoms with E-state index >= 15 is 0 Å². The van der Waals surface area contributed by atoms with Gasteiger partial charge in [-0.05, 0) is 53.2 Å². The van der Waals surface area contributed by atoms with Crippen LogP contribution in [0.2, 0.25) is 5.02 Å². The van der Waals surface area contributed by atoms with Crippen LogP contribution < -0.4 is 5.32 Å². The second kappa shape index (κ2) is 6.18. The highest BCUT2D eigenvalue weighted by atomic mass is 79.9. The average molecular weight is 361 g/mol. The molecule has 1 nitrogen and oxygen atoms in total. The van der Waals surface area contributed by atoms with Crippen molar-refractivity contribution in [3.63, 3.8) is 0 Å². The standard InChI is InChI=1S/C18H15BrClN/c1-21-18(16-11-15(20)8-9-17(16)19)14-7-6-12-4-2-3-5-13(12)10-14/h2-11,18,21H,1H3. The van der Waals surface area contributed by atoms with E-state index in [0.29, 0.717) is 0 Å². The smallest absolute Gasteiger partial charge is 0.0586 e. The minimum atomic E-state index is 0.0997. The molecule has 0 aliphatic rings. The normalized spacial score (nSPS) is 12.5. The number of hydrogen-bond donors (Lipinski definition) is 1. The lowest BCUT2D eigenvalue weighted by Crippen LogP contribution is -2.18. The highest BCUT2D eigenvalue weighted by Crippen LogP contribution is 2.32. The van der Waals surface area contributed by atoms with Crippen molar-refractivity contribution < 1.29 is 0 Å². The zero-order valence-corrected chi connectivity index (χ0v) is 13.9. The fourth-order valence-corrected chi connectivity index (χ4v) is 3.28. The van der Waals surface area contributed by atoms with Gasteiger partial charge in [0.05, 0.1) is 6.04 Å². The van der Waals surface area contributed by atoms with E-state index in [2.05, 4.69) is 63.7 Å². The molecule has 0 saturated heterocycles. The number of nitrogens with one attached hydrogen (secondary N) is 1. The molecule has 3 heteroatoms. The number of halogens is 2. The van der Waals surface area contributed by atoms with Gasteiger partial charge >= 0.3 is 0 Å². The lowest BCUT2D eigenvalue weighted by atomic mass is 9.96. The van der Waals surface area contributed by atoms with E-state index in [-0.39, 0.29) is 6.04 Å². The van der Waals surface area contributed by atoms with Crippen LogP contribution in [0.25, 0.3) is 10.8 Å². The molecule has 0 fully saturated rings. The Kier molecular flexibility index (Phi) is 4.29. The van der Waals surface area contributed by atoms with Gasteiger partial charge in [0, 0.05) is 9.50 Å². The summed E-state index contributed by atoms with van der Waals surface area (Å²) in [7, 11) is 1.97. The fraction of sp³-hybridized carbons (Fsp3) is 0.111. The Bertz CT molecular complexity index is 785. The average Bonchev–Trinajstić information content (AvgIpc) is 2.51. The Balaban J connectivity index is 2.11. The summed E-state index contributed by atoms with van der Waals surface area (Å²) >= 11 is 9.77. The maximum atomic E-state index is 6.15. The molecule has 1 unspecified atom stereocenters. The quantitative estimate of drug-likeness (QED) is 0.644. The number of benzene rings is 3. The van der Waals surface area contributed by atoms with Crippen molar-refractivity contribution in [3.05, 3.63) is 81.3 Å². The molecule has 3 aromatic rings. The first-order valence-corrected chi connectivity index (χ1v) is 7.97. The van der Waals surface area contributed by atoms with E-state index in [4.69, 9.17) is 11.6 Å². The summed E-state index contributed by atoms with van der Waals surface area (Å²) in [5.74, 6) is 0. The molecular formula is C18H15BrClN. The molecule has 3 aromatic carbocycles. The van der Waals surface area contributed by atoms with Crippen LogP contribution in [0.5, 0.6) is 0 Å². The molecule has 3 rings (SSSR count). The maximum absolute atomic E-state index is 6.15. The van der Waals surface area contributed by atoms with Gasteiger partial charge < -0.3 is 5.32 Å². The lowest BCUT2D eigenvalue weighted by molar-refractivity contribution is 0.690. The van der Waals surface area contributed by atoms with Gasteiger partial charge in [0.1, 0.15) is 0 Å². The molecule has 0 aromatic heterocycles. The zero-order chi connectivity index (χ0) is 14.8. The summed E-state index contributed by atoms with van der Waals surface area (Å²) in [4.78, 5) is 0. The summed E-state index contributed by atoms with van der Waals surface area (Å²) in [6.45, 7) is 0. The van der Waals surface area contributed by atoms with Crippen LogP contribution in [0.4, 0.5) is 0 Å². The Labute approximate surface area is 138 Å². The Hall–Kier alpha value is -1.35. The third-order valence-corrected chi connectivity index (χ3v) is 4.62. The zero-order valence-electron chi connectivity index (χ0n) is 11.6. The van der Waals surface area contributed by atoms with Gasteiger partial charge in [0.2, 0.25) is 0 Å². The van der Waals surface area contributed by atoms with Gasteiger partial charge in [0.25, 0.3) is 0 Å². The molecular weight excluding hydrogens is 346 g/mol. The molecule has 1 atom stereocenters. The highest BCUT2D eigenvalue weighted by molar-refractivity contribution is 9.10. The van der Waals surface area contributed by atoms with Crippen molar-refractivity contribution in [3.8, 4) is 0 Å². The van der Waals surface area contributed by atoms with Crippen LogP contribution in [-0.4, -0.2) is 7.05 Å². The van der Waals surface area contributed by atoms with E-state index < -0.39 is 0 Å². The van der Waals surface area contributed by atoms with Crippen LogP contribution >= 0.6 is 27.5 Å². The van der Waals surface area contributed by atoms with Crippen LogP contribution in [0, 0.1) is 0 Å². The lowest BCUT2D eigenvalue weighted by Gasteiger charge is -2.19. The topological polar surface area (TPSA) is 12.0 Å². The molecule has 0 radical (unpaired) electrons. The van der Waals surface area contributed by atoms with Crippen molar-refractivity contribution in [1.29, 1.82) is 0 Å². The second-order valence-corrected chi connectivity index (χ2v) is 6.28. The highest BCUT2D eigenvalue weighted by Gasteiger charge is 2.15. The summed E-state index contributed by atoms with van der Waals surface area (Å²) in [6.07, 6.45) is 0. The van der Waals surface area contributed by atoms with E-state index in [1.54, 1.807) is 0 Å². The minimum absolute atomic E-state index is 0.0997. The van der Waals surface area contributed by atoms with E-state index in [0.717, 1.165) is 15.1 Å². The summed E-state index contributed by atoms with van der Waals surface area (Å²) in [6, 6.07) is 20.9. The molecule has 0 aliphatic heterocycles. The molecule has 0 saturated carbocycles. The number of rotatable bonds is 3. The van der Waals surface area contributed by atoms with Gasteiger partial charge in [-0.3, -0.25) is 0 Å². The maximum Gasteiger partial charge on any atom is 0.0586 e. The molecule has 0 amide bonds. The van der Waals surface area contributed by atoms with Crippen LogP contribution in [0.15, 0.2) is 65.1 Å². The van der Waals surface area contributed by atoms with Crippen molar-refractivity contribution in [2.24, 2.45) is 0 Å². The van der Waals surface area contributed by atoms with Gasteiger partial charge in [-0.2, -0.15) is 0 Å². The first-order chi connectivity index (χ1) is 10.2. The van der Waals surface area contributed by atoms with Gasteiger partial charge in [0.15, 0.2) is 0 Å². The van der Waals surface area contributed by atoms with Crippen molar-refractivity contribution >= 4 is 38.3 Å². The van der Waals surface area contributed by atoms with Crippen LogP contribution in [-0.2, 0) is 0 Å². The monoisotopic (exact) mass is 359 g/mol. The first kappa shape index (κ1) is 14.6. The van der Waals surface area contributed by atoms with E-state index in [9.17, 15) is 0 Å². The van der Waals surface area contributed by atoms with Gasteiger partial charge in [-0.15, -0.1) is 0 Å². The summed E-state index contributed by atoms with van der Waals surface area (Å²) < 4.78 is 1.06. The molecule has 0 heterocycles. The van der Waals surface area contributed by atoms with Crippen molar-refractivity contribution in [2.75, 3.05) is 7.05 Å². The Morgan fingerprint density at radius 2 is 1.71 bits per heavy atom. The molecule has 21 heavy (non-hydrogen) atoms. The predicted molar refractivity (Wildman–Crippen MR) is 94.0 cm³/mol. The van der Waals surface area contributed by atoms with E-state index in [1.807, 2.05) is 25.2 Å². The molecule has 0 bridgehead atoms. The minimum Gasteiger partial charge on any atom is -0.309 e. The van der Waals surface area contributed by atoms with Crippen molar-refractivity contribution in [2.45, 2.75) is 6.04 Å². The predicted octanol–water partition coefficient (Wildman–Crippen LogP) is 5.56. The molecule has 0 spiro atoms. The molecule has 1 N–H and O–H groups in total. The van der Waals surface area contributed by atoms with Crippen LogP contribution in [0.1, 0.15) is 17.2 Å². The first-order valence-electron chi connectivity index (χ1n) is 6.80. The third-order valence-electron chi connectivity index (χ3n) is 3.66. The third kappa shape index (κ3) is 2.98. The van der Waals surface area contributed by atoms with E-state index in [1.165, 1.54) is 16.3 Å². The van der Waals surface area contributed by atoms with Gasteiger partial charge in [-0.25, -0.2) is 0 Å². The van der Waals surface area contributed by atoms with Crippen molar-refractivity contribution in [1.82, 2.24) is 5.32 Å². The summed E-state index contributed by atoms with van der Waals surface area (Å²) in [5.41, 5.74) is 2.36.